The summed E-state index contributed by atoms with van der Waals surface area (Å²) >= 11 is 12.3. The van der Waals surface area contributed by atoms with Crippen molar-refractivity contribution in [2.24, 2.45) is 10.2 Å². The van der Waals surface area contributed by atoms with Crippen molar-refractivity contribution in [1.82, 2.24) is 0 Å². The normalized spacial score (nSPS) is 11.7. The van der Waals surface area contributed by atoms with Crippen LogP contribution in [0.3, 0.4) is 0 Å². The Morgan fingerprint density at radius 1 is 0.970 bits per heavy atom. The zero-order valence-corrected chi connectivity index (χ0v) is 20.4. The number of anilines is 1. The number of carbonyl (C=O) groups excluding carboxylic acids is 2. The van der Waals surface area contributed by atoms with Gasteiger partial charge in [-0.15, -0.1) is 0 Å². The molecule has 2 rings (SSSR count). The third-order valence-corrected chi connectivity index (χ3v) is 4.72. The lowest BCUT2D eigenvalue weighted by Crippen LogP contribution is -2.32. The minimum atomic E-state index is -1.43. The molecule has 0 bridgehead atoms. The number of benzene rings is 2. The number of hydrogen-bond donors (Lipinski definition) is 1. The zero-order valence-electron chi connectivity index (χ0n) is 18.9. The molecule has 0 saturated heterocycles. The molecule has 0 aromatic heterocycles. The largest absolute Gasteiger partial charge is 0.493 e. The molecule has 1 amide bonds. The number of rotatable bonds is 11. The number of amides is 1. The number of carbonyl (C=O) groups is 2. The van der Waals surface area contributed by atoms with E-state index < -0.39 is 17.7 Å². The summed E-state index contributed by atoms with van der Waals surface area (Å²) in [5.74, 6) is 0.00969. The summed E-state index contributed by atoms with van der Waals surface area (Å²) in [6.07, 6.45) is 0. The van der Waals surface area contributed by atoms with E-state index in [-0.39, 0.29) is 16.4 Å². The van der Waals surface area contributed by atoms with E-state index in [0.717, 1.165) is 0 Å². The Hall–Kier alpha value is -3.04. The molecule has 1 unspecified atom stereocenters. The molecule has 33 heavy (non-hydrogen) atoms. The molecule has 0 radical (unpaired) electrons. The molecule has 178 valence electrons. The molecular formula is C22H25Cl2N3O6. The Bertz CT molecular complexity index is 1020. The second-order valence-corrected chi connectivity index (χ2v) is 7.37. The van der Waals surface area contributed by atoms with Gasteiger partial charge in [0.2, 0.25) is 6.04 Å². The Morgan fingerprint density at radius 3 is 2.06 bits per heavy atom. The number of azo groups is 1. The first kappa shape index (κ1) is 26.2. The van der Waals surface area contributed by atoms with Crippen LogP contribution in [-0.2, 0) is 9.59 Å². The van der Waals surface area contributed by atoms with E-state index in [9.17, 15) is 9.59 Å². The Balaban J connectivity index is 2.37. The first-order chi connectivity index (χ1) is 15.7. The van der Waals surface area contributed by atoms with Gasteiger partial charge in [-0.05, 0) is 26.8 Å². The quantitative estimate of drug-likeness (QED) is 0.324. The maximum absolute atomic E-state index is 13.0. The maximum atomic E-state index is 13.0. The summed E-state index contributed by atoms with van der Waals surface area (Å²) in [4.78, 5) is 25.2. The fraction of sp³-hybridized carbons (Fsp3) is 0.364. The van der Waals surface area contributed by atoms with Crippen LogP contribution < -0.4 is 24.3 Å². The molecule has 0 aliphatic rings. The van der Waals surface area contributed by atoms with Crippen molar-refractivity contribution in [2.45, 2.75) is 26.8 Å². The summed E-state index contributed by atoms with van der Waals surface area (Å²) in [5, 5.41) is 11.2. The number of nitrogens with one attached hydrogen (secondary N) is 1. The van der Waals surface area contributed by atoms with Crippen molar-refractivity contribution in [3.63, 3.8) is 0 Å². The van der Waals surface area contributed by atoms with Gasteiger partial charge in [0.05, 0.1) is 38.1 Å². The van der Waals surface area contributed by atoms with Gasteiger partial charge >= 0.3 is 0 Å². The fourth-order valence-electron chi connectivity index (χ4n) is 2.82. The molecule has 1 atom stereocenters. The van der Waals surface area contributed by atoms with Gasteiger partial charge in [-0.3, -0.25) is 9.59 Å². The van der Waals surface area contributed by atoms with Gasteiger partial charge in [-0.25, -0.2) is 0 Å². The average Bonchev–Trinajstić information content (AvgIpc) is 2.75. The molecule has 9 nitrogen and oxygen atoms in total. The van der Waals surface area contributed by atoms with E-state index in [0.29, 0.717) is 41.2 Å². The number of methoxy groups -OCH3 is 2. The standard InChI is InChI=1S/C22H25Cl2N3O6/c1-6-32-16-8-13(23)9-17(33-7-2)20(16)25-22(29)19(12(3)28)27-26-14-10-15(24)21(31-5)18(11-14)30-4/h8-11,19H,6-7H2,1-5H3,(H,25,29). The second kappa shape index (κ2) is 12.3. The SMILES string of the molecule is CCOc1cc(Cl)cc(OCC)c1NC(=O)C(N=Nc1cc(Cl)c(OC)c(OC)c1)C(C)=O. The maximum Gasteiger partial charge on any atom is 0.259 e. The molecule has 0 fully saturated rings. The number of nitrogens with zero attached hydrogens (tertiary/aromatic N) is 2. The van der Waals surface area contributed by atoms with Gasteiger partial charge in [0.25, 0.3) is 5.91 Å². The number of Topliss-reactive ketones (excluding diaryl/α,β-unsaturated/α-hetero) is 1. The summed E-state index contributed by atoms with van der Waals surface area (Å²) < 4.78 is 21.6. The van der Waals surface area contributed by atoms with Gasteiger partial charge in [0.1, 0.15) is 17.2 Å². The van der Waals surface area contributed by atoms with Crippen molar-refractivity contribution in [2.75, 3.05) is 32.8 Å². The van der Waals surface area contributed by atoms with Crippen LogP contribution in [0.15, 0.2) is 34.5 Å². The molecule has 0 heterocycles. The monoisotopic (exact) mass is 497 g/mol. The van der Waals surface area contributed by atoms with Crippen LogP contribution in [0.1, 0.15) is 20.8 Å². The number of ether oxygens (including phenoxy) is 4. The molecule has 2 aromatic carbocycles. The minimum Gasteiger partial charge on any atom is -0.493 e. The summed E-state index contributed by atoms with van der Waals surface area (Å²) in [7, 11) is 2.89. The highest BCUT2D eigenvalue weighted by atomic mass is 35.5. The predicted molar refractivity (Wildman–Crippen MR) is 126 cm³/mol. The first-order valence-electron chi connectivity index (χ1n) is 9.98. The lowest BCUT2D eigenvalue weighted by molar-refractivity contribution is -0.126. The Morgan fingerprint density at radius 2 is 1.58 bits per heavy atom. The van der Waals surface area contributed by atoms with Crippen LogP contribution in [-0.4, -0.2) is 45.2 Å². The van der Waals surface area contributed by atoms with E-state index in [1.54, 1.807) is 26.0 Å². The van der Waals surface area contributed by atoms with Gasteiger partial charge < -0.3 is 24.3 Å². The van der Waals surface area contributed by atoms with Crippen LogP contribution in [0.25, 0.3) is 0 Å². The molecule has 0 spiro atoms. The van der Waals surface area contributed by atoms with Gasteiger partial charge in [0.15, 0.2) is 17.3 Å². The molecular weight excluding hydrogens is 473 g/mol. The van der Waals surface area contributed by atoms with E-state index in [2.05, 4.69) is 15.5 Å². The second-order valence-electron chi connectivity index (χ2n) is 6.52. The van der Waals surface area contributed by atoms with Gasteiger partial charge in [-0.2, -0.15) is 10.2 Å². The number of halogens is 2. The molecule has 2 aromatic rings. The molecule has 11 heteroatoms. The first-order valence-corrected chi connectivity index (χ1v) is 10.7. The fourth-order valence-corrected chi connectivity index (χ4v) is 3.30. The van der Waals surface area contributed by atoms with E-state index >= 15 is 0 Å². The van der Waals surface area contributed by atoms with Crippen LogP contribution in [0.5, 0.6) is 23.0 Å². The van der Waals surface area contributed by atoms with Crippen LogP contribution in [0, 0.1) is 0 Å². The zero-order chi connectivity index (χ0) is 24.5. The van der Waals surface area contributed by atoms with Crippen molar-refractivity contribution in [1.29, 1.82) is 0 Å². The van der Waals surface area contributed by atoms with Crippen molar-refractivity contribution in [3.8, 4) is 23.0 Å². The van der Waals surface area contributed by atoms with Gasteiger partial charge in [0, 0.05) is 23.2 Å². The third kappa shape index (κ3) is 6.72. The van der Waals surface area contributed by atoms with Crippen molar-refractivity contribution < 1.29 is 28.5 Å². The van der Waals surface area contributed by atoms with E-state index in [1.807, 2.05) is 0 Å². The van der Waals surface area contributed by atoms with Gasteiger partial charge in [-0.1, -0.05) is 23.2 Å². The number of hydrogen-bond acceptors (Lipinski definition) is 8. The van der Waals surface area contributed by atoms with Crippen LogP contribution in [0.2, 0.25) is 10.0 Å². The number of ketones is 1. The molecule has 0 aliphatic heterocycles. The molecule has 1 N–H and O–H groups in total. The summed E-state index contributed by atoms with van der Waals surface area (Å²) in [5.41, 5.74) is 0.511. The minimum absolute atomic E-state index is 0.235. The van der Waals surface area contributed by atoms with Crippen LogP contribution in [0.4, 0.5) is 11.4 Å². The smallest absolute Gasteiger partial charge is 0.259 e. The highest BCUT2D eigenvalue weighted by molar-refractivity contribution is 6.32. The van der Waals surface area contributed by atoms with Crippen molar-refractivity contribution in [3.05, 3.63) is 34.3 Å². The van der Waals surface area contributed by atoms with E-state index in [1.165, 1.54) is 33.3 Å². The third-order valence-electron chi connectivity index (χ3n) is 4.22. The highest BCUT2D eigenvalue weighted by Gasteiger charge is 2.26. The summed E-state index contributed by atoms with van der Waals surface area (Å²) in [6.45, 7) is 5.45. The van der Waals surface area contributed by atoms with E-state index in [4.69, 9.17) is 42.1 Å². The molecule has 0 saturated carbocycles. The molecule has 0 aliphatic carbocycles. The van der Waals surface area contributed by atoms with Crippen LogP contribution >= 0.6 is 23.2 Å². The predicted octanol–water partition coefficient (Wildman–Crippen LogP) is 5.49. The highest BCUT2D eigenvalue weighted by Crippen LogP contribution is 2.40. The van der Waals surface area contributed by atoms with Crippen molar-refractivity contribution >= 4 is 46.3 Å². The Labute approximate surface area is 202 Å². The topological polar surface area (TPSA) is 108 Å². The summed E-state index contributed by atoms with van der Waals surface area (Å²) in [6, 6.07) is 4.64. The Kier molecular flexibility index (Phi) is 9.74. The lowest BCUT2D eigenvalue weighted by atomic mass is 10.2. The lowest BCUT2D eigenvalue weighted by Gasteiger charge is -2.17. The average molecular weight is 498 g/mol.